The predicted molar refractivity (Wildman–Crippen MR) is 83.8 cm³/mol. The normalized spacial score (nSPS) is 19.2. The summed E-state index contributed by atoms with van der Waals surface area (Å²) >= 11 is 5.08. The smallest absolute Gasteiger partial charge is 0.129 e. The van der Waals surface area contributed by atoms with Crippen molar-refractivity contribution >= 4 is 23.0 Å². The summed E-state index contributed by atoms with van der Waals surface area (Å²) in [6, 6.07) is 4.50. The number of nitrogens with zero attached hydrogens (tertiary/aromatic N) is 3. The minimum Gasteiger partial charge on any atom is -0.389 e. The SMILES string of the molecule is Cc1cc(C(N)=S)cc(N2CCCC2CN(C)C)n1. The quantitative estimate of drug-likeness (QED) is 0.847. The van der Waals surface area contributed by atoms with Crippen molar-refractivity contribution in [3.8, 4) is 0 Å². The summed E-state index contributed by atoms with van der Waals surface area (Å²) < 4.78 is 0. The van der Waals surface area contributed by atoms with Crippen LogP contribution in [-0.2, 0) is 0 Å². The van der Waals surface area contributed by atoms with Gasteiger partial charge < -0.3 is 15.5 Å². The lowest BCUT2D eigenvalue weighted by Gasteiger charge is -2.28. The van der Waals surface area contributed by atoms with Crippen molar-refractivity contribution < 1.29 is 0 Å². The topological polar surface area (TPSA) is 45.4 Å². The van der Waals surface area contributed by atoms with Gasteiger partial charge in [-0.3, -0.25) is 0 Å². The number of rotatable bonds is 4. The molecular weight excluding hydrogens is 256 g/mol. The number of thiocarbonyl (C=S) groups is 1. The lowest BCUT2D eigenvalue weighted by Crippen LogP contribution is -2.38. The van der Waals surface area contributed by atoms with Gasteiger partial charge in [-0.1, -0.05) is 12.2 Å². The Bertz CT molecular complexity index is 473. The largest absolute Gasteiger partial charge is 0.389 e. The van der Waals surface area contributed by atoms with E-state index in [9.17, 15) is 0 Å². The molecule has 5 heteroatoms. The third kappa shape index (κ3) is 3.42. The molecule has 1 aliphatic rings. The molecule has 1 aromatic rings. The van der Waals surface area contributed by atoms with Crippen molar-refractivity contribution in [2.24, 2.45) is 5.73 Å². The molecule has 104 valence electrons. The number of hydrogen-bond donors (Lipinski definition) is 1. The van der Waals surface area contributed by atoms with E-state index in [1.54, 1.807) is 0 Å². The molecular formula is C14H22N4S. The zero-order valence-electron chi connectivity index (χ0n) is 11.9. The number of nitrogens with two attached hydrogens (primary N) is 1. The standard InChI is InChI=1S/C14H22N4S/c1-10-7-11(14(15)19)8-13(16-10)18-6-4-5-12(18)9-17(2)3/h7-8,12H,4-6,9H2,1-3H3,(H2,15,19). The molecule has 0 aliphatic carbocycles. The van der Waals surface area contributed by atoms with Crippen molar-refractivity contribution in [3.05, 3.63) is 23.4 Å². The predicted octanol–water partition coefficient (Wildman–Crippen LogP) is 1.55. The van der Waals surface area contributed by atoms with Crippen LogP contribution in [0.5, 0.6) is 0 Å². The summed E-state index contributed by atoms with van der Waals surface area (Å²) in [5.74, 6) is 1.01. The maximum absolute atomic E-state index is 5.74. The zero-order chi connectivity index (χ0) is 14.0. The van der Waals surface area contributed by atoms with Gasteiger partial charge in [0.05, 0.1) is 0 Å². The van der Waals surface area contributed by atoms with Crippen molar-refractivity contribution in [2.75, 3.05) is 32.1 Å². The number of anilines is 1. The first-order valence-electron chi connectivity index (χ1n) is 6.67. The Morgan fingerprint density at radius 1 is 1.53 bits per heavy atom. The second-order valence-corrected chi connectivity index (χ2v) is 5.91. The van der Waals surface area contributed by atoms with Gasteiger partial charge in [0.15, 0.2) is 0 Å². The third-order valence-corrected chi connectivity index (χ3v) is 3.71. The molecule has 1 atom stereocenters. The fourth-order valence-corrected chi connectivity index (χ4v) is 2.81. The Hall–Kier alpha value is -1.20. The first-order valence-corrected chi connectivity index (χ1v) is 7.08. The number of pyridine rings is 1. The van der Waals surface area contributed by atoms with Crippen molar-refractivity contribution in [1.29, 1.82) is 0 Å². The molecule has 0 bridgehead atoms. The molecule has 1 unspecified atom stereocenters. The van der Waals surface area contributed by atoms with Crippen LogP contribution in [0.1, 0.15) is 24.1 Å². The Morgan fingerprint density at radius 2 is 2.26 bits per heavy atom. The molecule has 1 aliphatic heterocycles. The van der Waals surface area contributed by atoms with Gasteiger partial charge in [-0.15, -0.1) is 0 Å². The van der Waals surface area contributed by atoms with Gasteiger partial charge >= 0.3 is 0 Å². The van der Waals surface area contributed by atoms with Crippen LogP contribution in [0.15, 0.2) is 12.1 Å². The van der Waals surface area contributed by atoms with E-state index in [1.807, 2.05) is 19.1 Å². The molecule has 1 fully saturated rings. The second kappa shape index (κ2) is 5.84. The average molecular weight is 278 g/mol. The third-order valence-electron chi connectivity index (χ3n) is 3.47. The Balaban J connectivity index is 2.27. The van der Waals surface area contributed by atoms with E-state index in [0.29, 0.717) is 11.0 Å². The highest BCUT2D eigenvalue weighted by atomic mass is 32.1. The Morgan fingerprint density at radius 3 is 2.89 bits per heavy atom. The van der Waals surface area contributed by atoms with Crippen molar-refractivity contribution in [1.82, 2.24) is 9.88 Å². The highest BCUT2D eigenvalue weighted by molar-refractivity contribution is 7.80. The monoisotopic (exact) mass is 278 g/mol. The number of aromatic nitrogens is 1. The molecule has 0 saturated carbocycles. The van der Waals surface area contributed by atoms with E-state index >= 15 is 0 Å². The number of aryl methyl sites for hydroxylation is 1. The van der Waals surface area contributed by atoms with Crippen molar-refractivity contribution in [3.63, 3.8) is 0 Å². The minimum atomic E-state index is 0.440. The van der Waals surface area contributed by atoms with E-state index in [4.69, 9.17) is 18.0 Å². The van der Waals surface area contributed by atoms with E-state index < -0.39 is 0 Å². The summed E-state index contributed by atoms with van der Waals surface area (Å²) in [6.45, 7) is 4.10. The maximum Gasteiger partial charge on any atom is 0.129 e. The van der Waals surface area contributed by atoms with E-state index in [0.717, 1.165) is 30.2 Å². The molecule has 4 nitrogen and oxygen atoms in total. The molecule has 0 radical (unpaired) electrons. The van der Waals surface area contributed by atoms with Gasteiger partial charge in [0.1, 0.15) is 10.8 Å². The van der Waals surface area contributed by atoms with Gasteiger partial charge in [-0.25, -0.2) is 4.98 Å². The molecule has 0 amide bonds. The summed E-state index contributed by atoms with van der Waals surface area (Å²) in [4.78, 5) is 9.70. The number of likely N-dealkylation sites (N-methyl/N-ethyl adjacent to an activating group) is 1. The Labute approximate surface area is 120 Å². The zero-order valence-corrected chi connectivity index (χ0v) is 12.7. The molecule has 0 aromatic carbocycles. The van der Waals surface area contributed by atoms with Gasteiger partial charge in [-0.2, -0.15) is 0 Å². The van der Waals surface area contributed by atoms with Crippen LogP contribution in [0.4, 0.5) is 5.82 Å². The lowest BCUT2D eigenvalue weighted by atomic mass is 10.2. The van der Waals surface area contributed by atoms with Crippen LogP contribution in [0, 0.1) is 6.92 Å². The number of hydrogen-bond acceptors (Lipinski definition) is 4. The van der Waals surface area contributed by atoms with E-state index in [1.165, 1.54) is 12.8 Å². The lowest BCUT2D eigenvalue weighted by molar-refractivity contribution is 0.371. The van der Waals surface area contributed by atoms with Gasteiger partial charge in [0, 0.05) is 30.4 Å². The molecule has 0 spiro atoms. The minimum absolute atomic E-state index is 0.440. The van der Waals surface area contributed by atoms with Crippen LogP contribution in [-0.4, -0.2) is 48.1 Å². The van der Waals surface area contributed by atoms with Gasteiger partial charge in [0.25, 0.3) is 0 Å². The van der Waals surface area contributed by atoms with Crippen LogP contribution in [0.3, 0.4) is 0 Å². The summed E-state index contributed by atoms with van der Waals surface area (Å²) in [7, 11) is 4.22. The van der Waals surface area contributed by atoms with E-state index in [2.05, 4.69) is 28.9 Å². The fourth-order valence-electron chi connectivity index (χ4n) is 2.69. The molecule has 2 rings (SSSR count). The fraction of sp³-hybridized carbons (Fsp3) is 0.571. The Kier molecular flexibility index (Phi) is 4.37. The van der Waals surface area contributed by atoms with Crippen LogP contribution in [0.2, 0.25) is 0 Å². The second-order valence-electron chi connectivity index (χ2n) is 5.47. The molecule has 2 N–H and O–H groups in total. The van der Waals surface area contributed by atoms with Crippen LogP contribution in [0.25, 0.3) is 0 Å². The summed E-state index contributed by atoms with van der Waals surface area (Å²) in [5.41, 5.74) is 7.62. The first kappa shape index (κ1) is 14.2. The average Bonchev–Trinajstić information content (AvgIpc) is 2.75. The van der Waals surface area contributed by atoms with E-state index in [-0.39, 0.29) is 0 Å². The first-order chi connectivity index (χ1) is 8.97. The maximum atomic E-state index is 5.74. The summed E-state index contributed by atoms with van der Waals surface area (Å²) in [6.07, 6.45) is 2.44. The van der Waals surface area contributed by atoms with Crippen LogP contribution >= 0.6 is 12.2 Å². The highest BCUT2D eigenvalue weighted by Crippen LogP contribution is 2.25. The molecule has 2 heterocycles. The van der Waals surface area contributed by atoms with Crippen molar-refractivity contribution in [2.45, 2.75) is 25.8 Å². The molecule has 19 heavy (non-hydrogen) atoms. The highest BCUT2D eigenvalue weighted by Gasteiger charge is 2.26. The van der Waals surface area contributed by atoms with Gasteiger partial charge in [0.2, 0.25) is 0 Å². The molecule has 1 saturated heterocycles. The van der Waals surface area contributed by atoms with Crippen LogP contribution < -0.4 is 10.6 Å². The van der Waals surface area contributed by atoms with Gasteiger partial charge in [-0.05, 0) is 46.0 Å². The summed E-state index contributed by atoms with van der Waals surface area (Å²) in [5, 5.41) is 0. The molecule has 1 aromatic heterocycles.